The standard InChI is InChI=1S/C22H27NO6S2/c1-3-10-29-17-7-5-16(6-8-17)18-13-30-21(20(18)22(25)28-4-2)23-19(24)12-15-9-11-31(26,27)14-15/h5-8,13,15H,3-4,9-12,14H2,1-2H3,(H,23,24). The largest absolute Gasteiger partial charge is 0.494 e. The van der Waals surface area contributed by atoms with Gasteiger partial charge in [0.2, 0.25) is 5.91 Å². The number of rotatable bonds is 9. The van der Waals surface area contributed by atoms with E-state index in [1.54, 1.807) is 6.92 Å². The molecular weight excluding hydrogens is 438 g/mol. The van der Waals surface area contributed by atoms with Gasteiger partial charge >= 0.3 is 5.97 Å². The average molecular weight is 466 g/mol. The van der Waals surface area contributed by atoms with Crippen molar-refractivity contribution in [1.29, 1.82) is 0 Å². The Labute approximate surface area is 186 Å². The van der Waals surface area contributed by atoms with Crippen LogP contribution in [0.4, 0.5) is 5.00 Å². The van der Waals surface area contributed by atoms with E-state index in [9.17, 15) is 18.0 Å². The van der Waals surface area contributed by atoms with Crippen molar-refractivity contribution in [2.75, 3.05) is 30.0 Å². The molecule has 0 saturated carbocycles. The van der Waals surface area contributed by atoms with Crippen LogP contribution in [-0.4, -0.2) is 45.0 Å². The van der Waals surface area contributed by atoms with Crippen molar-refractivity contribution in [2.45, 2.75) is 33.1 Å². The number of hydrogen-bond donors (Lipinski definition) is 1. The van der Waals surface area contributed by atoms with Gasteiger partial charge in [0.05, 0.1) is 24.7 Å². The summed E-state index contributed by atoms with van der Waals surface area (Å²) >= 11 is 1.25. The van der Waals surface area contributed by atoms with Crippen molar-refractivity contribution < 1.29 is 27.5 Å². The summed E-state index contributed by atoms with van der Waals surface area (Å²) in [7, 11) is -3.05. The molecule has 9 heteroatoms. The first kappa shape index (κ1) is 23.3. The second kappa shape index (κ2) is 10.3. The van der Waals surface area contributed by atoms with E-state index < -0.39 is 15.8 Å². The Balaban J connectivity index is 1.80. The molecule has 1 N–H and O–H groups in total. The van der Waals surface area contributed by atoms with Gasteiger partial charge < -0.3 is 14.8 Å². The SMILES string of the molecule is CCCOc1ccc(-c2csc(NC(=O)CC3CCS(=O)(=O)C3)c2C(=O)OCC)cc1. The Morgan fingerprint density at radius 2 is 1.94 bits per heavy atom. The maximum atomic E-state index is 12.7. The first-order valence-corrected chi connectivity index (χ1v) is 13.0. The number of anilines is 1. The smallest absolute Gasteiger partial charge is 0.341 e. The minimum Gasteiger partial charge on any atom is -0.494 e. The third-order valence-electron chi connectivity index (χ3n) is 4.96. The number of esters is 1. The van der Waals surface area contributed by atoms with Crippen molar-refractivity contribution in [3.63, 3.8) is 0 Å². The highest BCUT2D eigenvalue weighted by molar-refractivity contribution is 7.91. The lowest BCUT2D eigenvalue weighted by molar-refractivity contribution is -0.116. The molecule has 0 spiro atoms. The molecule has 7 nitrogen and oxygen atoms in total. The summed E-state index contributed by atoms with van der Waals surface area (Å²) in [5.41, 5.74) is 1.79. The summed E-state index contributed by atoms with van der Waals surface area (Å²) in [6, 6.07) is 7.42. The molecule has 1 aliphatic rings. The Hall–Kier alpha value is -2.39. The molecule has 1 aromatic carbocycles. The first-order valence-electron chi connectivity index (χ1n) is 10.3. The fourth-order valence-electron chi connectivity index (χ4n) is 3.49. The molecule has 31 heavy (non-hydrogen) atoms. The number of nitrogens with one attached hydrogen (secondary N) is 1. The van der Waals surface area contributed by atoms with Gasteiger partial charge in [0.15, 0.2) is 9.84 Å². The van der Waals surface area contributed by atoms with Gasteiger partial charge in [0.1, 0.15) is 16.3 Å². The molecule has 168 valence electrons. The van der Waals surface area contributed by atoms with Crippen LogP contribution in [-0.2, 0) is 19.4 Å². The average Bonchev–Trinajstić information content (AvgIpc) is 3.29. The molecule has 1 saturated heterocycles. The molecule has 0 aliphatic carbocycles. The number of hydrogen-bond acceptors (Lipinski definition) is 7. The highest BCUT2D eigenvalue weighted by Crippen LogP contribution is 2.37. The third-order valence-corrected chi connectivity index (χ3v) is 7.69. The zero-order valence-corrected chi connectivity index (χ0v) is 19.3. The number of amides is 1. The van der Waals surface area contributed by atoms with E-state index in [1.165, 1.54) is 11.3 Å². The van der Waals surface area contributed by atoms with Gasteiger partial charge in [0, 0.05) is 17.4 Å². The van der Waals surface area contributed by atoms with Gasteiger partial charge in [-0.2, -0.15) is 0 Å². The second-order valence-electron chi connectivity index (χ2n) is 7.47. The Kier molecular flexibility index (Phi) is 7.72. The van der Waals surface area contributed by atoms with Crippen LogP contribution < -0.4 is 10.1 Å². The summed E-state index contributed by atoms with van der Waals surface area (Å²) in [5.74, 6) is -0.0918. The first-order chi connectivity index (χ1) is 14.8. The molecular formula is C22H27NO6S2. The predicted molar refractivity (Wildman–Crippen MR) is 122 cm³/mol. The van der Waals surface area contributed by atoms with Crippen LogP contribution in [0.15, 0.2) is 29.6 Å². The Morgan fingerprint density at radius 3 is 2.55 bits per heavy atom. The zero-order valence-electron chi connectivity index (χ0n) is 17.7. The molecule has 1 unspecified atom stereocenters. The van der Waals surface area contributed by atoms with Gasteiger partial charge in [-0.05, 0) is 43.4 Å². The van der Waals surface area contributed by atoms with Crippen LogP contribution in [0.2, 0.25) is 0 Å². The fraction of sp³-hybridized carbons (Fsp3) is 0.455. The van der Waals surface area contributed by atoms with E-state index in [4.69, 9.17) is 9.47 Å². The number of sulfone groups is 1. The molecule has 0 bridgehead atoms. The minimum absolute atomic E-state index is 0.0350. The van der Waals surface area contributed by atoms with Crippen molar-refractivity contribution in [3.05, 3.63) is 35.2 Å². The molecule has 1 aliphatic heterocycles. The summed E-state index contributed by atoms with van der Waals surface area (Å²) in [4.78, 5) is 25.2. The van der Waals surface area contributed by atoms with E-state index in [0.717, 1.165) is 17.7 Å². The van der Waals surface area contributed by atoms with E-state index in [1.807, 2.05) is 36.6 Å². The molecule has 1 fully saturated rings. The number of carbonyl (C=O) groups is 2. The Bertz CT molecular complexity index is 1030. The Morgan fingerprint density at radius 1 is 1.19 bits per heavy atom. The van der Waals surface area contributed by atoms with E-state index in [0.29, 0.717) is 29.2 Å². The lowest BCUT2D eigenvalue weighted by Crippen LogP contribution is -2.18. The zero-order chi connectivity index (χ0) is 22.4. The monoisotopic (exact) mass is 465 g/mol. The summed E-state index contributed by atoms with van der Waals surface area (Å²) in [6.07, 6.45) is 1.51. The lowest BCUT2D eigenvalue weighted by Gasteiger charge is -2.11. The van der Waals surface area contributed by atoms with Gasteiger partial charge in [-0.25, -0.2) is 13.2 Å². The number of carbonyl (C=O) groups excluding carboxylic acids is 2. The van der Waals surface area contributed by atoms with Crippen molar-refractivity contribution in [3.8, 4) is 16.9 Å². The topological polar surface area (TPSA) is 98.8 Å². The summed E-state index contributed by atoms with van der Waals surface area (Å²) < 4.78 is 34.1. The van der Waals surface area contributed by atoms with E-state index >= 15 is 0 Å². The fourth-order valence-corrected chi connectivity index (χ4v) is 6.33. The van der Waals surface area contributed by atoms with Gasteiger partial charge in [0.25, 0.3) is 0 Å². The molecule has 2 aromatic rings. The predicted octanol–water partition coefficient (Wildman–Crippen LogP) is 4.14. The molecule has 1 amide bonds. The van der Waals surface area contributed by atoms with Crippen molar-refractivity contribution in [1.82, 2.24) is 0 Å². The summed E-state index contributed by atoms with van der Waals surface area (Å²) in [5, 5.41) is 5.01. The van der Waals surface area contributed by atoms with E-state index in [2.05, 4.69) is 5.32 Å². The summed E-state index contributed by atoms with van der Waals surface area (Å²) in [6.45, 7) is 4.60. The normalized spacial score (nSPS) is 17.3. The van der Waals surface area contributed by atoms with Crippen LogP contribution >= 0.6 is 11.3 Å². The van der Waals surface area contributed by atoms with E-state index in [-0.39, 0.29) is 36.4 Å². The molecule has 1 atom stereocenters. The van der Waals surface area contributed by atoms with Crippen LogP contribution in [0.5, 0.6) is 5.75 Å². The quantitative estimate of drug-likeness (QED) is 0.559. The third kappa shape index (κ3) is 6.07. The number of thiophene rings is 1. The highest BCUT2D eigenvalue weighted by atomic mass is 32.2. The van der Waals surface area contributed by atoms with Crippen molar-refractivity contribution in [2.24, 2.45) is 5.92 Å². The van der Waals surface area contributed by atoms with Crippen molar-refractivity contribution >= 4 is 38.1 Å². The second-order valence-corrected chi connectivity index (χ2v) is 10.6. The number of ether oxygens (including phenoxy) is 2. The van der Waals surface area contributed by atoms with Crippen LogP contribution in [0.25, 0.3) is 11.1 Å². The van der Waals surface area contributed by atoms with Gasteiger partial charge in [-0.15, -0.1) is 11.3 Å². The molecule has 2 heterocycles. The lowest BCUT2D eigenvalue weighted by atomic mass is 10.0. The van der Waals surface area contributed by atoms with Crippen LogP contribution in [0, 0.1) is 5.92 Å². The van der Waals surface area contributed by atoms with Gasteiger partial charge in [-0.1, -0.05) is 19.1 Å². The number of benzene rings is 1. The minimum atomic E-state index is -3.05. The molecule has 0 radical (unpaired) electrons. The molecule has 3 rings (SSSR count). The van der Waals surface area contributed by atoms with Crippen LogP contribution in [0.1, 0.15) is 43.5 Å². The highest BCUT2D eigenvalue weighted by Gasteiger charge is 2.30. The van der Waals surface area contributed by atoms with Gasteiger partial charge in [-0.3, -0.25) is 4.79 Å². The maximum Gasteiger partial charge on any atom is 0.341 e. The van der Waals surface area contributed by atoms with Crippen LogP contribution in [0.3, 0.4) is 0 Å². The molecule has 1 aromatic heterocycles. The maximum absolute atomic E-state index is 12.7.